The van der Waals surface area contributed by atoms with E-state index in [2.05, 4.69) is 81.3 Å². The molecule has 0 radical (unpaired) electrons. The highest BCUT2D eigenvalue weighted by molar-refractivity contribution is 7.71. The average molecular weight is 353 g/mol. The van der Waals surface area contributed by atoms with Gasteiger partial charge in [-0.1, -0.05) is 66.7 Å². The number of fused-ring (bicyclic) bond motifs is 3. The van der Waals surface area contributed by atoms with Crippen molar-refractivity contribution in [3.8, 4) is 17.1 Å². The molecule has 2 aromatic heterocycles. The first-order chi connectivity index (χ1) is 12.8. The minimum atomic E-state index is 0.475. The molecule has 26 heavy (non-hydrogen) atoms. The van der Waals surface area contributed by atoms with Crippen molar-refractivity contribution in [2.45, 2.75) is 0 Å². The second-order valence-electron chi connectivity index (χ2n) is 6.19. The quantitative estimate of drug-likeness (QED) is 0.401. The van der Waals surface area contributed by atoms with E-state index in [4.69, 9.17) is 12.2 Å². The Balaban J connectivity index is 1.86. The fourth-order valence-corrected chi connectivity index (χ4v) is 3.71. The van der Waals surface area contributed by atoms with Crippen LogP contribution < -0.4 is 0 Å². The lowest BCUT2D eigenvalue weighted by Crippen LogP contribution is -2.00. The lowest BCUT2D eigenvalue weighted by molar-refractivity contribution is 1.02. The number of aromatic amines is 1. The van der Waals surface area contributed by atoms with E-state index in [9.17, 15) is 0 Å². The first-order valence-electron chi connectivity index (χ1n) is 8.46. The molecule has 1 N–H and O–H groups in total. The summed E-state index contributed by atoms with van der Waals surface area (Å²) in [6.45, 7) is 0. The molecule has 4 heteroatoms. The van der Waals surface area contributed by atoms with Crippen LogP contribution in [0.15, 0.2) is 84.9 Å². The van der Waals surface area contributed by atoms with Gasteiger partial charge in [-0.15, -0.1) is 0 Å². The van der Waals surface area contributed by atoms with Crippen molar-refractivity contribution in [2.24, 2.45) is 0 Å². The van der Waals surface area contributed by atoms with Gasteiger partial charge in [0.15, 0.2) is 4.77 Å². The Morgan fingerprint density at radius 2 is 1.31 bits per heavy atom. The highest BCUT2D eigenvalue weighted by Gasteiger charge is 2.13. The third-order valence-electron chi connectivity index (χ3n) is 4.63. The largest absolute Gasteiger partial charge is 0.330 e. The van der Waals surface area contributed by atoms with E-state index in [1.807, 2.05) is 18.2 Å². The summed E-state index contributed by atoms with van der Waals surface area (Å²) in [4.78, 5) is 7.84. The third kappa shape index (κ3) is 2.35. The molecule has 0 unspecified atom stereocenters. The number of nitrogens with one attached hydrogen (secondary N) is 1. The smallest absolute Gasteiger partial charge is 0.199 e. The Hall–Kier alpha value is -3.24. The summed E-state index contributed by atoms with van der Waals surface area (Å²) in [5.41, 5.74) is 4.30. The summed E-state index contributed by atoms with van der Waals surface area (Å²) in [6, 6.07) is 29.0. The second-order valence-corrected chi connectivity index (χ2v) is 6.58. The molecule has 0 fully saturated rings. The van der Waals surface area contributed by atoms with Crippen molar-refractivity contribution in [1.82, 2.24) is 14.5 Å². The van der Waals surface area contributed by atoms with E-state index >= 15 is 0 Å². The Kier molecular flexibility index (Phi) is 3.43. The zero-order valence-corrected chi connectivity index (χ0v) is 14.7. The molecule has 0 amide bonds. The number of rotatable bonds is 2. The van der Waals surface area contributed by atoms with Crippen molar-refractivity contribution in [2.75, 3.05) is 0 Å². The average Bonchev–Trinajstić information content (AvgIpc) is 3.03. The van der Waals surface area contributed by atoms with Crippen LogP contribution in [0.25, 0.3) is 38.9 Å². The van der Waals surface area contributed by atoms with Gasteiger partial charge in [0.05, 0.1) is 16.7 Å². The van der Waals surface area contributed by atoms with Gasteiger partial charge in [-0.3, -0.25) is 4.57 Å². The molecular formula is C22H15N3S. The number of H-pyrrole nitrogens is 1. The Morgan fingerprint density at radius 1 is 0.731 bits per heavy atom. The van der Waals surface area contributed by atoms with Crippen molar-refractivity contribution in [1.29, 1.82) is 0 Å². The summed E-state index contributed by atoms with van der Waals surface area (Å²) in [6.07, 6.45) is 0. The van der Waals surface area contributed by atoms with E-state index < -0.39 is 0 Å². The van der Waals surface area contributed by atoms with Crippen LogP contribution in [-0.2, 0) is 0 Å². The van der Waals surface area contributed by atoms with Gasteiger partial charge in [0.2, 0.25) is 0 Å². The van der Waals surface area contributed by atoms with Crippen LogP contribution in [-0.4, -0.2) is 14.5 Å². The number of benzene rings is 3. The van der Waals surface area contributed by atoms with E-state index in [0.717, 1.165) is 28.1 Å². The normalized spacial score (nSPS) is 11.2. The second kappa shape index (κ2) is 5.93. The molecule has 0 saturated heterocycles. The van der Waals surface area contributed by atoms with E-state index in [-0.39, 0.29) is 0 Å². The van der Waals surface area contributed by atoms with Crippen LogP contribution in [0.1, 0.15) is 0 Å². The number of nitrogens with zero attached hydrogens (tertiary/aromatic N) is 2. The summed E-state index contributed by atoms with van der Waals surface area (Å²) in [5.74, 6) is 0.824. The van der Waals surface area contributed by atoms with Gasteiger partial charge in [-0.2, -0.15) is 0 Å². The fourth-order valence-electron chi connectivity index (χ4n) is 3.50. The molecule has 0 aliphatic carbocycles. The van der Waals surface area contributed by atoms with Gasteiger partial charge in [0, 0.05) is 16.8 Å². The molecular weight excluding hydrogens is 338 g/mol. The summed E-state index contributed by atoms with van der Waals surface area (Å²) in [7, 11) is 0. The number of aromatic nitrogens is 3. The lowest BCUT2D eigenvalue weighted by atomic mass is 10.1. The van der Waals surface area contributed by atoms with Gasteiger partial charge >= 0.3 is 0 Å². The topological polar surface area (TPSA) is 33.6 Å². The molecule has 0 bridgehead atoms. The lowest BCUT2D eigenvalue weighted by Gasteiger charge is -2.09. The molecule has 0 aliphatic heterocycles. The molecule has 5 rings (SSSR count). The number of hydrogen-bond acceptors (Lipinski definition) is 2. The van der Waals surface area contributed by atoms with E-state index in [0.29, 0.717) is 4.77 Å². The Bertz CT molecular complexity index is 1250. The molecule has 3 nitrogen and oxygen atoms in total. The molecule has 2 heterocycles. The highest BCUT2D eigenvalue weighted by atomic mass is 32.1. The third-order valence-corrected chi connectivity index (χ3v) is 4.82. The van der Waals surface area contributed by atoms with Crippen molar-refractivity contribution in [3.05, 3.63) is 89.7 Å². The van der Waals surface area contributed by atoms with Gasteiger partial charge in [-0.05, 0) is 29.9 Å². The molecule has 0 saturated carbocycles. The molecule has 0 aliphatic rings. The maximum Gasteiger partial charge on any atom is 0.199 e. The van der Waals surface area contributed by atoms with Crippen molar-refractivity contribution >= 4 is 34.0 Å². The first kappa shape index (κ1) is 15.0. The maximum atomic E-state index is 5.43. The first-order valence-corrected chi connectivity index (χ1v) is 8.87. The zero-order valence-electron chi connectivity index (χ0n) is 13.9. The van der Waals surface area contributed by atoms with Crippen LogP contribution in [0.5, 0.6) is 0 Å². The molecule has 0 atom stereocenters. The summed E-state index contributed by atoms with van der Waals surface area (Å²) >= 11 is 5.43. The van der Waals surface area contributed by atoms with Crippen LogP contribution in [0.2, 0.25) is 0 Å². The van der Waals surface area contributed by atoms with Crippen molar-refractivity contribution in [3.63, 3.8) is 0 Å². The predicted molar refractivity (Wildman–Crippen MR) is 109 cm³/mol. The Labute approximate surface area is 155 Å². The van der Waals surface area contributed by atoms with Crippen molar-refractivity contribution < 1.29 is 0 Å². The van der Waals surface area contributed by atoms with Crippen LogP contribution in [0.3, 0.4) is 0 Å². The van der Waals surface area contributed by atoms with Crippen LogP contribution >= 0.6 is 12.2 Å². The van der Waals surface area contributed by atoms with Gasteiger partial charge < -0.3 is 4.98 Å². The monoisotopic (exact) mass is 353 g/mol. The number of para-hydroxylation sites is 2. The standard InChI is InChI=1S/C22H15N3S/c26-22-23-18(15-8-2-1-3-9-15)14-21(24-22)25-19-12-6-4-10-16(19)17-11-5-7-13-20(17)25/h1-14H,(H,23,24,26). The fraction of sp³-hybridized carbons (Fsp3) is 0. The predicted octanol–water partition coefficient (Wildman–Crippen LogP) is 5.90. The minimum absolute atomic E-state index is 0.475. The van der Waals surface area contributed by atoms with Gasteiger partial charge in [0.25, 0.3) is 0 Å². The SMILES string of the molecule is S=c1nc(-n2c3ccccc3c3ccccc32)cc(-c2ccccc2)[nH]1. The summed E-state index contributed by atoms with van der Waals surface area (Å²) < 4.78 is 2.66. The van der Waals surface area contributed by atoms with Gasteiger partial charge in [0.1, 0.15) is 5.82 Å². The molecule has 5 aromatic rings. The van der Waals surface area contributed by atoms with Crippen LogP contribution in [0.4, 0.5) is 0 Å². The van der Waals surface area contributed by atoms with Crippen LogP contribution in [0, 0.1) is 4.77 Å². The maximum absolute atomic E-state index is 5.43. The zero-order chi connectivity index (χ0) is 17.5. The highest BCUT2D eigenvalue weighted by Crippen LogP contribution is 2.31. The molecule has 124 valence electrons. The van der Waals surface area contributed by atoms with E-state index in [1.54, 1.807) is 0 Å². The van der Waals surface area contributed by atoms with E-state index in [1.165, 1.54) is 10.8 Å². The minimum Gasteiger partial charge on any atom is -0.330 e. The Morgan fingerprint density at radius 3 is 1.96 bits per heavy atom. The summed E-state index contributed by atoms with van der Waals surface area (Å²) in [5, 5.41) is 2.43. The molecule has 3 aromatic carbocycles. The van der Waals surface area contributed by atoms with Gasteiger partial charge in [-0.25, -0.2) is 4.98 Å². The number of hydrogen-bond donors (Lipinski definition) is 1. The molecule has 0 spiro atoms.